The van der Waals surface area contributed by atoms with Crippen molar-refractivity contribution >= 4 is 11.7 Å². The van der Waals surface area contributed by atoms with Crippen LogP contribution in [0.3, 0.4) is 0 Å². The summed E-state index contributed by atoms with van der Waals surface area (Å²) in [7, 11) is 1.57. The number of carbonyl (C=O) groups excluding carboxylic acids is 1. The number of urea groups is 1. The third-order valence-electron chi connectivity index (χ3n) is 4.84. The maximum atomic E-state index is 12.8. The van der Waals surface area contributed by atoms with E-state index in [1.807, 2.05) is 6.07 Å². The molecule has 8 heteroatoms. The van der Waals surface area contributed by atoms with Crippen LogP contribution in [0.1, 0.15) is 29.5 Å². The van der Waals surface area contributed by atoms with E-state index in [9.17, 15) is 23.1 Å². The smallest absolute Gasteiger partial charge is 0.416 e. The van der Waals surface area contributed by atoms with E-state index in [0.29, 0.717) is 12.2 Å². The van der Waals surface area contributed by atoms with E-state index in [2.05, 4.69) is 10.6 Å². The standard InChI is InChI=1S/C20H21F3N2O3/c1-28-16-7-8-17-13(10-16)4-3-9-19(17,27)12-24-18(26)25-15-6-2-5-14(11-15)20(21,22)23/h2,5-8,10-11,27H,3-4,9,12H2,1H3,(H2,24,25,26). The van der Waals surface area contributed by atoms with Crippen LogP contribution in [0.2, 0.25) is 0 Å². The Balaban J connectivity index is 1.67. The first-order chi connectivity index (χ1) is 13.2. The number of aryl methyl sites for hydroxylation is 1. The number of methoxy groups -OCH3 is 1. The van der Waals surface area contributed by atoms with Crippen molar-refractivity contribution < 1.29 is 27.8 Å². The van der Waals surface area contributed by atoms with Crippen molar-refractivity contribution in [2.75, 3.05) is 19.0 Å². The predicted octanol–water partition coefficient (Wildman–Crippen LogP) is 4.06. The zero-order valence-corrected chi connectivity index (χ0v) is 15.3. The van der Waals surface area contributed by atoms with E-state index >= 15 is 0 Å². The summed E-state index contributed by atoms with van der Waals surface area (Å²) in [5.41, 5.74) is -0.398. The van der Waals surface area contributed by atoms with E-state index in [1.54, 1.807) is 19.2 Å². The van der Waals surface area contributed by atoms with Gasteiger partial charge in [0.25, 0.3) is 0 Å². The zero-order valence-electron chi connectivity index (χ0n) is 15.3. The summed E-state index contributed by atoms with van der Waals surface area (Å²) in [5, 5.41) is 15.9. The lowest BCUT2D eigenvalue weighted by Gasteiger charge is -2.34. The topological polar surface area (TPSA) is 70.6 Å². The van der Waals surface area contributed by atoms with Gasteiger partial charge >= 0.3 is 12.2 Å². The number of halogens is 3. The molecule has 0 fully saturated rings. The molecule has 1 unspecified atom stereocenters. The molecule has 0 bridgehead atoms. The van der Waals surface area contributed by atoms with Gasteiger partial charge in [-0.3, -0.25) is 0 Å². The molecule has 0 aromatic heterocycles. The summed E-state index contributed by atoms with van der Waals surface area (Å²) in [4.78, 5) is 12.1. The van der Waals surface area contributed by atoms with Gasteiger partial charge in [0, 0.05) is 5.69 Å². The van der Waals surface area contributed by atoms with E-state index in [4.69, 9.17) is 4.74 Å². The maximum Gasteiger partial charge on any atom is 0.416 e. The van der Waals surface area contributed by atoms with Gasteiger partial charge in [-0.2, -0.15) is 13.2 Å². The number of amides is 2. The van der Waals surface area contributed by atoms with Crippen molar-refractivity contribution in [2.24, 2.45) is 0 Å². The van der Waals surface area contributed by atoms with Crippen molar-refractivity contribution in [3.8, 4) is 5.75 Å². The fraction of sp³-hybridized carbons (Fsp3) is 0.350. The van der Waals surface area contributed by atoms with Crippen LogP contribution in [0, 0.1) is 0 Å². The van der Waals surface area contributed by atoms with Gasteiger partial charge in [0.2, 0.25) is 0 Å². The molecule has 5 nitrogen and oxygen atoms in total. The Bertz CT molecular complexity index is 870. The van der Waals surface area contributed by atoms with Gasteiger partial charge < -0.3 is 20.5 Å². The highest BCUT2D eigenvalue weighted by atomic mass is 19.4. The lowest BCUT2D eigenvalue weighted by Crippen LogP contribution is -2.44. The minimum atomic E-state index is -4.49. The number of anilines is 1. The molecule has 0 spiro atoms. The minimum Gasteiger partial charge on any atom is -0.497 e. The highest BCUT2D eigenvalue weighted by Crippen LogP contribution is 2.36. The van der Waals surface area contributed by atoms with Crippen LogP contribution in [-0.2, 0) is 18.2 Å². The van der Waals surface area contributed by atoms with E-state index in [0.717, 1.165) is 36.1 Å². The maximum absolute atomic E-state index is 12.8. The summed E-state index contributed by atoms with van der Waals surface area (Å²) >= 11 is 0. The Morgan fingerprint density at radius 2 is 2.04 bits per heavy atom. The Kier molecular flexibility index (Phi) is 5.51. The number of carbonyl (C=O) groups is 1. The van der Waals surface area contributed by atoms with Gasteiger partial charge in [-0.15, -0.1) is 0 Å². The third-order valence-corrected chi connectivity index (χ3v) is 4.84. The Morgan fingerprint density at radius 1 is 1.25 bits per heavy atom. The number of rotatable bonds is 4. The SMILES string of the molecule is COc1ccc2c(c1)CCCC2(O)CNC(=O)Nc1cccc(C(F)(F)F)c1. The Morgan fingerprint density at radius 3 is 2.75 bits per heavy atom. The second-order valence-electron chi connectivity index (χ2n) is 6.79. The molecule has 150 valence electrons. The van der Waals surface area contributed by atoms with Gasteiger partial charge in [0.1, 0.15) is 11.4 Å². The molecule has 1 aliphatic carbocycles. The first-order valence-corrected chi connectivity index (χ1v) is 8.83. The molecule has 2 amide bonds. The summed E-state index contributed by atoms with van der Waals surface area (Å²) in [6, 6.07) is 9.07. The van der Waals surface area contributed by atoms with Crippen molar-refractivity contribution in [2.45, 2.75) is 31.0 Å². The number of hydrogen-bond donors (Lipinski definition) is 3. The number of ether oxygens (including phenoxy) is 1. The number of nitrogens with one attached hydrogen (secondary N) is 2. The van der Waals surface area contributed by atoms with Crippen molar-refractivity contribution in [3.63, 3.8) is 0 Å². The minimum absolute atomic E-state index is 0.0214. The molecule has 0 saturated heterocycles. The van der Waals surface area contributed by atoms with Crippen molar-refractivity contribution in [1.29, 1.82) is 0 Å². The van der Waals surface area contributed by atoms with Gasteiger partial charge in [0.05, 0.1) is 19.2 Å². The number of alkyl halides is 3. The largest absolute Gasteiger partial charge is 0.497 e. The quantitative estimate of drug-likeness (QED) is 0.733. The van der Waals surface area contributed by atoms with E-state index in [-0.39, 0.29) is 12.2 Å². The fourth-order valence-electron chi connectivity index (χ4n) is 3.42. The molecule has 3 rings (SSSR count). The summed E-state index contributed by atoms with van der Waals surface area (Å²) in [5.74, 6) is 0.693. The van der Waals surface area contributed by atoms with Crippen LogP contribution in [-0.4, -0.2) is 24.8 Å². The van der Waals surface area contributed by atoms with Crippen molar-refractivity contribution in [3.05, 3.63) is 59.2 Å². The molecule has 3 N–H and O–H groups in total. The van der Waals surface area contributed by atoms with Gasteiger partial charge in [-0.1, -0.05) is 12.1 Å². The number of fused-ring (bicyclic) bond motifs is 1. The van der Waals surface area contributed by atoms with Crippen LogP contribution >= 0.6 is 0 Å². The second-order valence-corrected chi connectivity index (χ2v) is 6.79. The molecule has 2 aromatic carbocycles. The average Bonchev–Trinajstić information content (AvgIpc) is 2.66. The summed E-state index contributed by atoms with van der Waals surface area (Å²) in [6.07, 6.45) is -2.48. The molecular formula is C20H21F3N2O3. The Hall–Kier alpha value is -2.74. The highest BCUT2D eigenvalue weighted by molar-refractivity contribution is 5.89. The highest BCUT2D eigenvalue weighted by Gasteiger charge is 2.35. The third kappa shape index (κ3) is 4.39. The fourth-order valence-corrected chi connectivity index (χ4v) is 3.42. The van der Waals surface area contributed by atoms with Gasteiger partial charge in [-0.05, 0) is 60.7 Å². The molecule has 0 aliphatic heterocycles. The van der Waals surface area contributed by atoms with Gasteiger partial charge in [0.15, 0.2) is 0 Å². The van der Waals surface area contributed by atoms with Crippen LogP contribution in [0.4, 0.5) is 23.7 Å². The number of hydrogen-bond acceptors (Lipinski definition) is 3. The zero-order chi connectivity index (χ0) is 20.4. The van der Waals surface area contributed by atoms with Crippen LogP contribution < -0.4 is 15.4 Å². The molecular weight excluding hydrogens is 373 g/mol. The van der Waals surface area contributed by atoms with Crippen LogP contribution in [0.25, 0.3) is 0 Å². The lowest BCUT2D eigenvalue weighted by atomic mass is 9.79. The molecule has 1 aliphatic rings. The monoisotopic (exact) mass is 394 g/mol. The molecule has 1 atom stereocenters. The lowest BCUT2D eigenvalue weighted by molar-refractivity contribution is -0.137. The van der Waals surface area contributed by atoms with Crippen LogP contribution in [0.15, 0.2) is 42.5 Å². The average molecular weight is 394 g/mol. The Labute approximate surface area is 160 Å². The van der Waals surface area contributed by atoms with Gasteiger partial charge in [-0.25, -0.2) is 4.79 Å². The summed E-state index contributed by atoms with van der Waals surface area (Å²) in [6.45, 7) is -0.0584. The van der Waals surface area contributed by atoms with Crippen LogP contribution in [0.5, 0.6) is 5.75 Å². The molecule has 28 heavy (non-hydrogen) atoms. The number of aliphatic hydroxyl groups is 1. The number of benzene rings is 2. The van der Waals surface area contributed by atoms with E-state index in [1.165, 1.54) is 12.1 Å². The predicted molar refractivity (Wildman–Crippen MR) is 98.3 cm³/mol. The second kappa shape index (κ2) is 7.71. The first-order valence-electron chi connectivity index (χ1n) is 8.83. The molecule has 0 radical (unpaired) electrons. The normalized spacial score (nSPS) is 18.9. The molecule has 0 heterocycles. The molecule has 0 saturated carbocycles. The molecule has 2 aromatic rings. The first kappa shape index (κ1) is 20.0. The van der Waals surface area contributed by atoms with Crippen molar-refractivity contribution in [1.82, 2.24) is 5.32 Å². The van der Waals surface area contributed by atoms with E-state index < -0.39 is 23.4 Å². The summed E-state index contributed by atoms with van der Waals surface area (Å²) < 4.78 is 43.5.